The van der Waals surface area contributed by atoms with Gasteiger partial charge in [0.05, 0.1) is 13.2 Å². The molecule has 4 nitrogen and oxygen atoms in total. The molecule has 1 heterocycles. The van der Waals surface area contributed by atoms with Gasteiger partial charge in [0.15, 0.2) is 5.79 Å². The standard InChI is InChI=1S/C6H13NO2.H3N/c1-6(5-7-2)8-3-4-9-6;/h7H,3-5H2,1-2H3;1H3. The Morgan fingerprint density at radius 1 is 1.40 bits per heavy atom. The van der Waals surface area contributed by atoms with Crippen LogP contribution in [0.5, 0.6) is 0 Å². The number of rotatable bonds is 2. The van der Waals surface area contributed by atoms with Crippen molar-refractivity contribution in [1.82, 2.24) is 11.5 Å². The second kappa shape index (κ2) is 3.88. The molecule has 0 amide bonds. The molecule has 0 unspecified atom stereocenters. The molecular weight excluding hydrogens is 132 g/mol. The van der Waals surface area contributed by atoms with Gasteiger partial charge in [-0.3, -0.25) is 0 Å². The molecule has 4 heteroatoms. The van der Waals surface area contributed by atoms with Crippen molar-refractivity contribution in [1.29, 1.82) is 0 Å². The lowest BCUT2D eigenvalue weighted by molar-refractivity contribution is -0.137. The Bertz CT molecular complexity index is 91.7. The van der Waals surface area contributed by atoms with Crippen LogP contribution in [-0.4, -0.2) is 32.6 Å². The molecule has 0 aromatic carbocycles. The number of hydrogen-bond acceptors (Lipinski definition) is 4. The maximum atomic E-state index is 5.30. The molecule has 62 valence electrons. The summed E-state index contributed by atoms with van der Waals surface area (Å²) in [5.41, 5.74) is 0. The molecule has 1 fully saturated rings. The van der Waals surface area contributed by atoms with Crippen molar-refractivity contribution in [2.45, 2.75) is 12.7 Å². The van der Waals surface area contributed by atoms with Crippen LogP contribution in [0.15, 0.2) is 0 Å². The number of ether oxygens (including phenoxy) is 2. The number of likely N-dealkylation sites (N-methyl/N-ethyl adjacent to an activating group) is 1. The summed E-state index contributed by atoms with van der Waals surface area (Å²) in [4.78, 5) is 0. The van der Waals surface area contributed by atoms with Gasteiger partial charge < -0.3 is 20.9 Å². The highest BCUT2D eigenvalue weighted by molar-refractivity contribution is 4.69. The summed E-state index contributed by atoms with van der Waals surface area (Å²) in [6.45, 7) is 4.14. The largest absolute Gasteiger partial charge is 0.347 e. The van der Waals surface area contributed by atoms with Crippen LogP contribution in [0.25, 0.3) is 0 Å². The van der Waals surface area contributed by atoms with E-state index >= 15 is 0 Å². The van der Waals surface area contributed by atoms with Gasteiger partial charge in [0.2, 0.25) is 0 Å². The first kappa shape index (κ1) is 9.84. The molecule has 0 saturated carbocycles. The monoisotopic (exact) mass is 148 g/mol. The van der Waals surface area contributed by atoms with Gasteiger partial charge in [0.25, 0.3) is 0 Å². The molecule has 0 aromatic rings. The van der Waals surface area contributed by atoms with E-state index in [0.717, 1.165) is 19.8 Å². The van der Waals surface area contributed by atoms with Crippen LogP contribution in [0.2, 0.25) is 0 Å². The lowest BCUT2D eigenvalue weighted by Gasteiger charge is -2.20. The summed E-state index contributed by atoms with van der Waals surface area (Å²) < 4.78 is 10.6. The first-order valence-electron chi connectivity index (χ1n) is 3.19. The summed E-state index contributed by atoms with van der Waals surface area (Å²) in [6.07, 6.45) is 0. The molecule has 0 bridgehead atoms. The van der Waals surface area contributed by atoms with E-state index in [-0.39, 0.29) is 11.9 Å². The molecule has 1 rings (SSSR count). The fourth-order valence-corrected chi connectivity index (χ4v) is 0.980. The lowest BCUT2D eigenvalue weighted by atomic mass is 10.3. The molecule has 4 N–H and O–H groups in total. The second-order valence-electron chi connectivity index (χ2n) is 2.36. The summed E-state index contributed by atoms with van der Waals surface area (Å²) in [5, 5.41) is 3.00. The van der Waals surface area contributed by atoms with Gasteiger partial charge in [-0.25, -0.2) is 0 Å². The minimum absolute atomic E-state index is 0. The van der Waals surface area contributed by atoms with Gasteiger partial charge in [-0.1, -0.05) is 0 Å². The molecule has 1 saturated heterocycles. The highest BCUT2D eigenvalue weighted by Crippen LogP contribution is 2.16. The summed E-state index contributed by atoms with van der Waals surface area (Å²) in [5.74, 6) is -0.366. The third-order valence-electron chi connectivity index (χ3n) is 1.40. The fraction of sp³-hybridized carbons (Fsp3) is 1.00. The van der Waals surface area contributed by atoms with Crippen LogP contribution in [0.3, 0.4) is 0 Å². The summed E-state index contributed by atoms with van der Waals surface area (Å²) >= 11 is 0. The maximum absolute atomic E-state index is 5.30. The van der Waals surface area contributed by atoms with Crippen molar-refractivity contribution >= 4 is 0 Å². The van der Waals surface area contributed by atoms with Crippen molar-refractivity contribution < 1.29 is 9.47 Å². The van der Waals surface area contributed by atoms with Gasteiger partial charge >= 0.3 is 0 Å². The van der Waals surface area contributed by atoms with E-state index in [2.05, 4.69) is 5.32 Å². The number of hydrogen-bond donors (Lipinski definition) is 2. The Kier molecular flexibility index (Phi) is 3.81. The third-order valence-corrected chi connectivity index (χ3v) is 1.40. The van der Waals surface area contributed by atoms with Gasteiger partial charge in [-0.05, 0) is 14.0 Å². The average molecular weight is 148 g/mol. The molecule has 0 aromatic heterocycles. The Balaban J connectivity index is 0.000000810. The second-order valence-corrected chi connectivity index (χ2v) is 2.36. The average Bonchev–Trinajstić information content (AvgIpc) is 2.16. The summed E-state index contributed by atoms with van der Waals surface area (Å²) in [7, 11) is 1.89. The molecule has 1 aliphatic heterocycles. The zero-order valence-corrected chi connectivity index (χ0v) is 6.64. The molecule has 0 atom stereocenters. The molecular formula is C6H16N2O2. The predicted molar refractivity (Wildman–Crippen MR) is 39.3 cm³/mol. The minimum atomic E-state index is -0.366. The lowest BCUT2D eigenvalue weighted by Crippen LogP contribution is -2.37. The van der Waals surface area contributed by atoms with Crippen LogP contribution in [0.1, 0.15) is 6.92 Å². The van der Waals surface area contributed by atoms with Crippen molar-refractivity contribution in [3.05, 3.63) is 0 Å². The van der Waals surface area contributed by atoms with E-state index < -0.39 is 0 Å². The smallest absolute Gasteiger partial charge is 0.178 e. The first-order valence-corrected chi connectivity index (χ1v) is 3.19. The molecule has 1 aliphatic rings. The van der Waals surface area contributed by atoms with Crippen LogP contribution in [-0.2, 0) is 9.47 Å². The first-order chi connectivity index (χ1) is 4.27. The summed E-state index contributed by atoms with van der Waals surface area (Å²) in [6, 6.07) is 0. The van der Waals surface area contributed by atoms with Crippen molar-refractivity contribution in [2.24, 2.45) is 0 Å². The minimum Gasteiger partial charge on any atom is -0.347 e. The van der Waals surface area contributed by atoms with Crippen molar-refractivity contribution in [3.63, 3.8) is 0 Å². The topological polar surface area (TPSA) is 65.5 Å². The van der Waals surface area contributed by atoms with Crippen molar-refractivity contribution in [3.8, 4) is 0 Å². The van der Waals surface area contributed by atoms with Crippen LogP contribution >= 0.6 is 0 Å². The van der Waals surface area contributed by atoms with Crippen LogP contribution < -0.4 is 11.5 Å². The normalized spacial score (nSPS) is 22.2. The highest BCUT2D eigenvalue weighted by Gasteiger charge is 2.29. The SMILES string of the molecule is CNCC1(C)OCCO1.N. The Hall–Kier alpha value is -0.160. The van der Waals surface area contributed by atoms with Gasteiger partial charge in [-0.2, -0.15) is 0 Å². The highest BCUT2D eigenvalue weighted by atomic mass is 16.7. The van der Waals surface area contributed by atoms with E-state index in [1.54, 1.807) is 0 Å². The van der Waals surface area contributed by atoms with E-state index in [1.807, 2.05) is 14.0 Å². The van der Waals surface area contributed by atoms with Gasteiger partial charge in [0.1, 0.15) is 0 Å². The van der Waals surface area contributed by atoms with E-state index in [1.165, 1.54) is 0 Å². The zero-order valence-electron chi connectivity index (χ0n) is 6.64. The Morgan fingerprint density at radius 2 is 1.90 bits per heavy atom. The Labute approximate surface area is 61.5 Å². The van der Waals surface area contributed by atoms with Crippen LogP contribution in [0.4, 0.5) is 0 Å². The van der Waals surface area contributed by atoms with E-state index in [4.69, 9.17) is 9.47 Å². The molecule has 0 spiro atoms. The zero-order chi connectivity index (χ0) is 6.74. The van der Waals surface area contributed by atoms with Gasteiger partial charge in [0, 0.05) is 6.54 Å². The van der Waals surface area contributed by atoms with Crippen molar-refractivity contribution in [2.75, 3.05) is 26.8 Å². The predicted octanol–water partition coefficient (Wildman–Crippen LogP) is 0.131. The fourth-order valence-electron chi connectivity index (χ4n) is 0.980. The molecule has 0 radical (unpaired) electrons. The molecule has 10 heavy (non-hydrogen) atoms. The van der Waals surface area contributed by atoms with Gasteiger partial charge in [-0.15, -0.1) is 0 Å². The van der Waals surface area contributed by atoms with Crippen LogP contribution in [0, 0.1) is 0 Å². The van der Waals surface area contributed by atoms with E-state index in [9.17, 15) is 0 Å². The number of nitrogens with one attached hydrogen (secondary N) is 1. The quantitative estimate of drug-likeness (QED) is 0.584. The molecule has 0 aliphatic carbocycles. The van der Waals surface area contributed by atoms with E-state index in [0.29, 0.717) is 0 Å². The Morgan fingerprint density at radius 3 is 2.30 bits per heavy atom. The third kappa shape index (κ3) is 2.22. The maximum Gasteiger partial charge on any atom is 0.178 e.